The normalized spacial score (nSPS) is 19.3. The van der Waals surface area contributed by atoms with Gasteiger partial charge < -0.3 is 20.7 Å². The number of carbonyl (C=O) groups is 1. The molecular formula is C25H24F3N5O2. The van der Waals surface area contributed by atoms with Crippen molar-refractivity contribution in [1.82, 2.24) is 9.97 Å². The van der Waals surface area contributed by atoms with E-state index in [2.05, 4.69) is 27.1 Å². The molecule has 0 bridgehead atoms. The van der Waals surface area contributed by atoms with Crippen LogP contribution in [0.25, 0.3) is 11.3 Å². The summed E-state index contributed by atoms with van der Waals surface area (Å²) in [5.41, 5.74) is 6.96. The first-order valence-corrected chi connectivity index (χ1v) is 11.4. The summed E-state index contributed by atoms with van der Waals surface area (Å²) in [4.78, 5) is 23.6. The highest BCUT2D eigenvalue weighted by Gasteiger charge is 2.30. The van der Waals surface area contributed by atoms with Crippen LogP contribution in [0.15, 0.2) is 36.5 Å². The number of piperidine rings is 1. The molecule has 3 N–H and O–H groups in total. The standard InChI is InChI=1S/C25H24F3N5O2/c1-13-9-14(29)12-33(11-13)23-15-7-8-35-25(15)30-10-20(23)32-24(34)19-6-5-18(28)22(31-19)21-16(26)3-2-4-17(21)27/h2-6,10,13-14H,7-9,11-12,29H2,1H3,(H,32,34). The number of hydrogen-bond donors (Lipinski definition) is 2. The molecule has 0 radical (unpaired) electrons. The summed E-state index contributed by atoms with van der Waals surface area (Å²) in [6.07, 6.45) is 3.03. The molecule has 2 unspecified atom stereocenters. The van der Waals surface area contributed by atoms with Crippen LogP contribution in [-0.4, -0.2) is 41.6 Å². The first-order valence-electron chi connectivity index (χ1n) is 11.4. The third kappa shape index (κ3) is 4.41. The van der Waals surface area contributed by atoms with E-state index in [9.17, 15) is 18.0 Å². The lowest BCUT2D eigenvalue weighted by Gasteiger charge is -2.38. The van der Waals surface area contributed by atoms with Gasteiger partial charge in [-0.1, -0.05) is 13.0 Å². The zero-order valence-corrected chi connectivity index (χ0v) is 19.0. The van der Waals surface area contributed by atoms with Crippen LogP contribution in [0.5, 0.6) is 5.88 Å². The fourth-order valence-electron chi connectivity index (χ4n) is 4.81. The van der Waals surface area contributed by atoms with Crippen molar-refractivity contribution in [2.45, 2.75) is 25.8 Å². The second-order valence-corrected chi connectivity index (χ2v) is 8.99. The summed E-state index contributed by atoms with van der Waals surface area (Å²) >= 11 is 0. The van der Waals surface area contributed by atoms with Gasteiger partial charge in [0.15, 0.2) is 0 Å². The molecule has 35 heavy (non-hydrogen) atoms. The molecule has 0 spiro atoms. The average Bonchev–Trinajstić information content (AvgIpc) is 3.28. The van der Waals surface area contributed by atoms with Crippen molar-refractivity contribution in [1.29, 1.82) is 0 Å². The highest BCUT2D eigenvalue weighted by atomic mass is 19.1. The monoisotopic (exact) mass is 483 g/mol. The predicted molar refractivity (Wildman–Crippen MR) is 125 cm³/mol. The number of halogens is 3. The predicted octanol–water partition coefficient (Wildman–Crippen LogP) is 3.92. The minimum absolute atomic E-state index is 0.0228. The lowest BCUT2D eigenvalue weighted by Crippen LogP contribution is -2.47. The number of fused-ring (bicyclic) bond motifs is 1. The van der Waals surface area contributed by atoms with Crippen LogP contribution in [-0.2, 0) is 6.42 Å². The van der Waals surface area contributed by atoms with E-state index >= 15 is 0 Å². The Labute approximate surface area is 200 Å². The number of nitrogens with zero attached hydrogens (tertiary/aromatic N) is 3. The van der Waals surface area contributed by atoms with E-state index in [0.717, 1.165) is 48.5 Å². The Hall–Kier alpha value is -3.66. The van der Waals surface area contributed by atoms with Crippen LogP contribution in [0.4, 0.5) is 24.5 Å². The Balaban J connectivity index is 1.51. The van der Waals surface area contributed by atoms with Crippen molar-refractivity contribution in [3.05, 3.63) is 65.2 Å². The molecule has 1 amide bonds. The molecule has 2 aromatic heterocycles. The molecule has 4 heterocycles. The summed E-state index contributed by atoms with van der Waals surface area (Å²) in [5.74, 6) is -2.70. The van der Waals surface area contributed by atoms with Gasteiger partial charge in [-0.25, -0.2) is 23.1 Å². The number of anilines is 2. The van der Waals surface area contributed by atoms with Crippen molar-refractivity contribution in [3.63, 3.8) is 0 Å². The zero-order valence-electron chi connectivity index (χ0n) is 19.0. The Morgan fingerprint density at radius 3 is 2.66 bits per heavy atom. The Morgan fingerprint density at radius 1 is 1.14 bits per heavy atom. The van der Waals surface area contributed by atoms with Gasteiger partial charge in [-0.05, 0) is 36.6 Å². The van der Waals surface area contributed by atoms with Gasteiger partial charge in [-0.15, -0.1) is 0 Å². The molecule has 182 valence electrons. The number of carbonyl (C=O) groups excluding carboxylic acids is 1. The van der Waals surface area contributed by atoms with Crippen LogP contribution >= 0.6 is 0 Å². The third-order valence-electron chi connectivity index (χ3n) is 6.24. The second kappa shape index (κ2) is 9.18. The first-order chi connectivity index (χ1) is 16.8. The Morgan fingerprint density at radius 2 is 1.91 bits per heavy atom. The number of nitrogens with one attached hydrogen (secondary N) is 1. The van der Waals surface area contributed by atoms with Crippen molar-refractivity contribution >= 4 is 17.3 Å². The van der Waals surface area contributed by atoms with Crippen LogP contribution in [0.2, 0.25) is 0 Å². The van der Waals surface area contributed by atoms with E-state index in [4.69, 9.17) is 10.5 Å². The summed E-state index contributed by atoms with van der Waals surface area (Å²) in [6.45, 7) is 3.96. The fourth-order valence-corrected chi connectivity index (χ4v) is 4.81. The van der Waals surface area contributed by atoms with E-state index in [1.165, 1.54) is 12.3 Å². The number of amides is 1. The maximum atomic E-state index is 14.5. The SMILES string of the molecule is CC1CC(N)CN(c2c(NC(=O)c3ccc(F)c(-c4c(F)cccc4F)n3)cnc3c2CCO3)C1. The smallest absolute Gasteiger partial charge is 0.274 e. The van der Waals surface area contributed by atoms with Gasteiger partial charge in [-0.3, -0.25) is 4.79 Å². The molecule has 1 saturated heterocycles. The molecule has 10 heteroatoms. The largest absolute Gasteiger partial charge is 0.477 e. The first kappa shape index (κ1) is 23.1. The highest BCUT2D eigenvalue weighted by Crippen LogP contribution is 2.40. The number of nitrogens with two attached hydrogens (primary N) is 1. The molecule has 5 rings (SSSR count). The summed E-state index contributed by atoms with van der Waals surface area (Å²) in [6, 6.07) is 5.27. The molecular weight excluding hydrogens is 459 g/mol. The van der Waals surface area contributed by atoms with Crippen LogP contribution < -0.4 is 20.7 Å². The van der Waals surface area contributed by atoms with Gasteiger partial charge in [0.1, 0.15) is 28.8 Å². The van der Waals surface area contributed by atoms with Crippen molar-refractivity contribution < 1.29 is 22.7 Å². The molecule has 7 nitrogen and oxygen atoms in total. The average molecular weight is 483 g/mol. The van der Waals surface area contributed by atoms with Gasteiger partial charge in [0.25, 0.3) is 5.91 Å². The van der Waals surface area contributed by atoms with Crippen LogP contribution in [0.1, 0.15) is 29.4 Å². The van der Waals surface area contributed by atoms with Crippen molar-refractivity contribution in [3.8, 4) is 17.1 Å². The highest BCUT2D eigenvalue weighted by molar-refractivity contribution is 6.05. The maximum absolute atomic E-state index is 14.5. The third-order valence-corrected chi connectivity index (χ3v) is 6.24. The molecule has 2 aliphatic heterocycles. The van der Waals surface area contributed by atoms with E-state index in [1.807, 2.05) is 0 Å². The Kier molecular flexibility index (Phi) is 6.06. The van der Waals surface area contributed by atoms with Gasteiger partial charge in [-0.2, -0.15) is 0 Å². The minimum Gasteiger partial charge on any atom is -0.477 e. The summed E-state index contributed by atoms with van der Waals surface area (Å²) in [5, 5.41) is 2.80. The fraction of sp³-hybridized carbons (Fsp3) is 0.320. The van der Waals surface area contributed by atoms with Gasteiger partial charge >= 0.3 is 0 Å². The number of ether oxygens (including phenoxy) is 1. The van der Waals surface area contributed by atoms with Gasteiger partial charge in [0.05, 0.1) is 29.7 Å². The van der Waals surface area contributed by atoms with Gasteiger partial charge in [0, 0.05) is 31.1 Å². The molecule has 1 aromatic carbocycles. The van der Waals surface area contributed by atoms with E-state index in [-0.39, 0.29) is 11.7 Å². The number of benzene rings is 1. The van der Waals surface area contributed by atoms with Gasteiger partial charge in [0.2, 0.25) is 5.88 Å². The second-order valence-electron chi connectivity index (χ2n) is 8.99. The molecule has 3 aromatic rings. The van der Waals surface area contributed by atoms with E-state index < -0.39 is 34.6 Å². The van der Waals surface area contributed by atoms with Crippen LogP contribution in [0, 0.1) is 23.4 Å². The molecule has 0 saturated carbocycles. The quantitative estimate of drug-likeness (QED) is 0.584. The summed E-state index contributed by atoms with van der Waals surface area (Å²) < 4.78 is 48.6. The zero-order chi connectivity index (χ0) is 24.7. The van der Waals surface area contributed by atoms with E-state index in [1.54, 1.807) is 0 Å². The van der Waals surface area contributed by atoms with E-state index in [0.29, 0.717) is 37.1 Å². The van der Waals surface area contributed by atoms with Crippen molar-refractivity contribution in [2.24, 2.45) is 11.7 Å². The number of hydrogen-bond acceptors (Lipinski definition) is 6. The topological polar surface area (TPSA) is 93.4 Å². The Bertz CT molecular complexity index is 1270. The molecule has 1 fully saturated rings. The maximum Gasteiger partial charge on any atom is 0.274 e. The number of pyridine rings is 2. The lowest BCUT2D eigenvalue weighted by molar-refractivity contribution is 0.102. The van der Waals surface area contributed by atoms with Crippen LogP contribution in [0.3, 0.4) is 0 Å². The van der Waals surface area contributed by atoms with Crippen molar-refractivity contribution in [2.75, 3.05) is 29.9 Å². The number of rotatable bonds is 4. The lowest BCUT2D eigenvalue weighted by atomic mass is 9.95. The molecule has 2 aliphatic rings. The molecule has 2 atom stereocenters. The minimum atomic E-state index is -0.977. The summed E-state index contributed by atoms with van der Waals surface area (Å²) in [7, 11) is 0. The number of aromatic nitrogens is 2. The molecule has 0 aliphatic carbocycles.